The van der Waals surface area contributed by atoms with Gasteiger partial charge in [0.25, 0.3) is 5.56 Å². The lowest BCUT2D eigenvalue weighted by Gasteiger charge is -2.33. The number of carbonyl (C=O) groups excluding carboxylic acids is 1. The lowest BCUT2D eigenvalue weighted by Crippen LogP contribution is -2.40. The summed E-state index contributed by atoms with van der Waals surface area (Å²) in [6, 6.07) is 7.91. The van der Waals surface area contributed by atoms with E-state index in [2.05, 4.69) is 10.3 Å². The van der Waals surface area contributed by atoms with Gasteiger partial charge in [0.1, 0.15) is 17.7 Å². The van der Waals surface area contributed by atoms with Crippen molar-refractivity contribution in [2.45, 2.75) is 11.8 Å². The summed E-state index contributed by atoms with van der Waals surface area (Å²) in [6.07, 6.45) is 0. The van der Waals surface area contributed by atoms with E-state index >= 15 is 0 Å². The minimum atomic E-state index is -1.34. The number of halogens is 2. The van der Waals surface area contributed by atoms with Gasteiger partial charge in [-0.2, -0.15) is 5.26 Å². The largest absolute Gasteiger partial charge is 0.324 e. The number of nitrogens with zero attached hydrogens (tertiary/aromatic N) is 2. The first-order valence-corrected chi connectivity index (χ1v) is 10.7. The van der Waals surface area contributed by atoms with E-state index in [-0.39, 0.29) is 28.1 Å². The molecular formula is C21H16F2N4O3S. The molecule has 0 saturated heterocycles. The highest BCUT2D eigenvalue weighted by molar-refractivity contribution is 7.84. The molecule has 0 saturated carbocycles. The number of nitrogens with one attached hydrogen (secondary N) is 2. The molecule has 1 aliphatic heterocycles. The van der Waals surface area contributed by atoms with Crippen LogP contribution in [0.2, 0.25) is 0 Å². The number of urea groups is 1. The summed E-state index contributed by atoms with van der Waals surface area (Å²) in [5, 5.41) is 12.2. The fourth-order valence-electron chi connectivity index (χ4n) is 3.69. The molecule has 2 amide bonds. The quantitative estimate of drug-likeness (QED) is 0.636. The zero-order chi connectivity index (χ0) is 22.3. The van der Waals surface area contributed by atoms with Crippen molar-refractivity contribution < 1.29 is 17.8 Å². The van der Waals surface area contributed by atoms with Gasteiger partial charge in [-0.05, 0) is 35.7 Å². The van der Waals surface area contributed by atoms with Gasteiger partial charge in [0, 0.05) is 40.5 Å². The van der Waals surface area contributed by atoms with Crippen molar-refractivity contribution in [1.29, 1.82) is 5.26 Å². The Balaban J connectivity index is 1.73. The fourth-order valence-corrected chi connectivity index (χ4v) is 5.10. The highest BCUT2D eigenvalue weighted by Crippen LogP contribution is 2.34. The molecule has 0 spiro atoms. The Morgan fingerprint density at radius 2 is 2.03 bits per heavy atom. The monoisotopic (exact) mass is 442 g/mol. The average Bonchev–Trinajstić information content (AvgIpc) is 2.74. The van der Waals surface area contributed by atoms with E-state index in [4.69, 9.17) is 5.26 Å². The summed E-state index contributed by atoms with van der Waals surface area (Å²) >= 11 is 0. The minimum Gasteiger partial charge on any atom is -0.324 e. The lowest BCUT2D eigenvalue weighted by molar-refractivity contribution is 0.209. The van der Waals surface area contributed by atoms with Crippen LogP contribution in [0.4, 0.5) is 19.3 Å². The molecule has 3 aromatic rings. The van der Waals surface area contributed by atoms with Crippen molar-refractivity contribution in [2.24, 2.45) is 0 Å². The Kier molecular flexibility index (Phi) is 5.29. The third-order valence-electron chi connectivity index (χ3n) is 5.21. The second-order valence-corrected chi connectivity index (χ2v) is 8.65. The summed E-state index contributed by atoms with van der Waals surface area (Å²) in [7, 11) is 0.164. The second kappa shape index (κ2) is 7.92. The molecular weight excluding hydrogens is 426 g/mol. The molecule has 0 bridgehead atoms. The highest BCUT2D eigenvalue weighted by Gasteiger charge is 2.33. The standard InChI is InChI=1S/C21H16F2N4O3S/c1-27(21(29)25-13-3-5-16(23)11(6-13)8-24)18-10-31(30)9-17-19(18)14-4-2-12(22)7-15(14)20(28)26-17/h2-7,18H,9-10H2,1H3,(H,25,29)(H,26,28)/t18-,31+/m1/s1. The second-order valence-electron chi connectivity index (χ2n) is 7.15. The maximum Gasteiger partial charge on any atom is 0.322 e. The number of rotatable bonds is 2. The summed E-state index contributed by atoms with van der Waals surface area (Å²) in [4.78, 5) is 29.3. The van der Waals surface area contributed by atoms with E-state index in [1.165, 1.54) is 36.2 Å². The number of H-pyrrole nitrogens is 1. The number of nitriles is 1. The number of hydrogen-bond donors (Lipinski definition) is 2. The molecule has 31 heavy (non-hydrogen) atoms. The molecule has 10 heteroatoms. The van der Waals surface area contributed by atoms with Gasteiger partial charge in [-0.25, -0.2) is 13.6 Å². The average molecular weight is 442 g/mol. The fraction of sp³-hybridized carbons (Fsp3) is 0.190. The maximum absolute atomic E-state index is 13.7. The van der Waals surface area contributed by atoms with Crippen LogP contribution >= 0.6 is 0 Å². The van der Waals surface area contributed by atoms with Crippen LogP contribution in [0.5, 0.6) is 0 Å². The van der Waals surface area contributed by atoms with E-state index < -0.39 is 40.1 Å². The molecule has 7 nitrogen and oxygen atoms in total. The molecule has 158 valence electrons. The Morgan fingerprint density at radius 1 is 1.26 bits per heavy atom. The predicted molar refractivity (Wildman–Crippen MR) is 112 cm³/mol. The third-order valence-corrected chi connectivity index (χ3v) is 6.51. The molecule has 4 rings (SSSR count). The molecule has 0 unspecified atom stereocenters. The van der Waals surface area contributed by atoms with Crippen molar-refractivity contribution >= 4 is 33.3 Å². The molecule has 2 atom stereocenters. The van der Waals surface area contributed by atoms with E-state index in [9.17, 15) is 22.6 Å². The number of carbonyl (C=O) groups is 1. The summed E-state index contributed by atoms with van der Waals surface area (Å²) in [5.41, 5.74) is 0.555. The minimum absolute atomic E-state index is 0.118. The first-order valence-electron chi connectivity index (χ1n) is 9.21. The van der Waals surface area contributed by atoms with E-state index in [0.29, 0.717) is 16.6 Å². The van der Waals surface area contributed by atoms with Crippen LogP contribution < -0.4 is 10.9 Å². The normalized spacial score (nSPS) is 17.6. The van der Waals surface area contributed by atoms with Gasteiger partial charge >= 0.3 is 6.03 Å². The van der Waals surface area contributed by atoms with Gasteiger partial charge in [-0.15, -0.1) is 0 Å². The van der Waals surface area contributed by atoms with Gasteiger partial charge in [0.15, 0.2) is 0 Å². The number of anilines is 1. The van der Waals surface area contributed by atoms with Gasteiger partial charge in [0.2, 0.25) is 0 Å². The summed E-state index contributed by atoms with van der Waals surface area (Å²) < 4.78 is 39.7. The van der Waals surface area contributed by atoms with Crippen LogP contribution in [0.15, 0.2) is 41.2 Å². The Hall–Kier alpha value is -3.58. The number of benzene rings is 2. The SMILES string of the molecule is CN(C(=O)Nc1ccc(F)c(C#N)c1)[C@@H]1C[S@@](=O)Cc2[nH]c(=O)c3cc(F)ccc3c21. The van der Waals surface area contributed by atoms with Gasteiger partial charge in [-0.3, -0.25) is 9.00 Å². The molecule has 1 aromatic heterocycles. The number of amides is 2. The first-order chi connectivity index (χ1) is 14.8. The van der Waals surface area contributed by atoms with Crippen LogP contribution in [0.1, 0.15) is 22.9 Å². The van der Waals surface area contributed by atoms with Crippen molar-refractivity contribution in [3.8, 4) is 6.07 Å². The molecule has 2 heterocycles. The summed E-state index contributed by atoms with van der Waals surface area (Å²) in [5.74, 6) is -1.02. The van der Waals surface area contributed by atoms with E-state index in [1.807, 2.05) is 0 Å². The van der Waals surface area contributed by atoms with Crippen LogP contribution in [0, 0.1) is 23.0 Å². The van der Waals surface area contributed by atoms with Crippen LogP contribution in [-0.2, 0) is 16.6 Å². The molecule has 2 N–H and O–H groups in total. The predicted octanol–water partition coefficient (Wildman–Crippen LogP) is 3.15. The number of hydrogen-bond acceptors (Lipinski definition) is 4. The molecule has 0 radical (unpaired) electrons. The Bertz CT molecular complexity index is 1350. The number of aromatic amines is 1. The number of fused-ring (bicyclic) bond motifs is 3. The van der Waals surface area contributed by atoms with Crippen molar-refractivity contribution in [2.75, 3.05) is 18.1 Å². The van der Waals surface area contributed by atoms with Gasteiger partial charge < -0.3 is 15.2 Å². The molecule has 0 aliphatic carbocycles. The first kappa shape index (κ1) is 20.7. The van der Waals surface area contributed by atoms with E-state index in [1.54, 1.807) is 6.07 Å². The molecule has 1 aliphatic rings. The van der Waals surface area contributed by atoms with Crippen molar-refractivity contribution in [3.05, 3.63) is 75.2 Å². The number of pyridine rings is 1. The highest BCUT2D eigenvalue weighted by atomic mass is 32.2. The van der Waals surface area contributed by atoms with Gasteiger partial charge in [-0.1, -0.05) is 6.07 Å². The lowest BCUT2D eigenvalue weighted by atomic mass is 9.97. The van der Waals surface area contributed by atoms with Crippen LogP contribution in [-0.4, -0.2) is 32.9 Å². The van der Waals surface area contributed by atoms with Crippen LogP contribution in [0.3, 0.4) is 0 Å². The maximum atomic E-state index is 13.7. The third kappa shape index (κ3) is 3.80. The number of aromatic nitrogens is 1. The topological polar surface area (TPSA) is 106 Å². The zero-order valence-electron chi connectivity index (χ0n) is 16.2. The van der Waals surface area contributed by atoms with E-state index in [0.717, 1.165) is 12.1 Å². The Morgan fingerprint density at radius 3 is 2.77 bits per heavy atom. The molecule has 2 aromatic carbocycles. The smallest absolute Gasteiger partial charge is 0.322 e. The van der Waals surface area contributed by atoms with Crippen molar-refractivity contribution in [3.63, 3.8) is 0 Å². The Labute approximate surface area is 177 Å². The molecule has 0 fully saturated rings. The van der Waals surface area contributed by atoms with Crippen molar-refractivity contribution in [1.82, 2.24) is 9.88 Å². The van der Waals surface area contributed by atoms with Gasteiger partial charge in [0.05, 0.1) is 22.7 Å². The summed E-state index contributed by atoms with van der Waals surface area (Å²) in [6.45, 7) is 0. The van der Waals surface area contributed by atoms with Crippen LogP contribution in [0.25, 0.3) is 10.8 Å². The zero-order valence-corrected chi connectivity index (χ0v) is 17.1.